The van der Waals surface area contributed by atoms with E-state index in [-0.39, 0.29) is 0 Å². The second-order valence-corrected chi connectivity index (χ2v) is 4.52. The molecule has 1 heterocycles. The minimum Gasteiger partial charge on any atom is -0.265 e. The van der Waals surface area contributed by atoms with Crippen LogP contribution >= 0.6 is 11.6 Å². The van der Waals surface area contributed by atoms with E-state index in [0.717, 1.165) is 18.5 Å². The Balaban J connectivity index is 2.27. The van der Waals surface area contributed by atoms with Gasteiger partial charge in [0.15, 0.2) is 0 Å². The molecule has 17 heavy (non-hydrogen) atoms. The number of aromatic nitrogens is 2. The van der Waals surface area contributed by atoms with Gasteiger partial charge in [-0.15, -0.1) is 11.6 Å². The molecule has 0 saturated carbocycles. The van der Waals surface area contributed by atoms with Gasteiger partial charge in [-0.1, -0.05) is 36.8 Å². The summed E-state index contributed by atoms with van der Waals surface area (Å²) in [5.41, 5.74) is 4.94. The summed E-state index contributed by atoms with van der Waals surface area (Å²) in [6, 6.07) is 8.52. The van der Waals surface area contributed by atoms with Crippen LogP contribution in [0.25, 0.3) is 0 Å². The number of benzene rings is 1. The van der Waals surface area contributed by atoms with Gasteiger partial charge in [0.2, 0.25) is 0 Å². The molecule has 0 saturated heterocycles. The minimum atomic E-state index is 0.539. The first kappa shape index (κ1) is 12.2. The lowest BCUT2D eigenvalue weighted by atomic mass is 10.1. The van der Waals surface area contributed by atoms with Crippen molar-refractivity contribution in [1.29, 1.82) is 0 Å². The Bertz CT molecular complexity index is 503. The van der Waals surface area contributed by atoms with E-state index in [1.807, 2.05) is 10.9 Å². The molecule has 0 aliphatic rings. The number of rotatable bonds is 4. The average molecular weight is 249 g/mol. The van der Waals surface area contributed by atoms with Gasteiger partial charge in [-0.2, -0.15) is 5.10 Å². The largest absolute Gasteiger partial charge is 0.265 e. The van der Waals surface area contributed by atoms with Crippen molar-refractivity contribution in [3.8, 4) is 0 Å². The Morgan fingerprint density at radius 2 is 2.18 bits per heavy atom. The molecule has 0 amide bonds. The fourth-order valence-electron chi connectivity index (χ4n) is 2.09. The quantitative estimate of drug-likeness (QED) is 0.757. The predicted molar refractivity (Wildman–Crippen MR) is 71.4 cm³/mol. The molecule has 1 aromatic heterocycles. The zero-order valence-corrected chi connectivity index (χ0v) is 11.0. The molecular formula is C14H17ClN2. The van der Waals surface area contributed by atoms with E-state index in [1.54, 1.807) is 0 Å². The van der Waals surface area contributed by atoms with E-state index in [4.69, 9.17) is 11.6 Å². The summed E-state index contributed by atoms with van der Waals surface area (Å²) in [5, 5.41) is 4.41. The van der Waals surface area contributed by atoms with Crippen LogP contribution in [-0.2, 0) is 18.8 Å². The number of hydrogen-bond donors (Lipinski definition) is 0. The first-order valence-electron chi connectivity index (χ1n) is 5.89. The molecule has 0 aliphatic carbocycles. The van der Waals surface area contributed by atoms with Gasteiger partial charge < -0.3 is 0 Å². The number of hydrogen-bond acceptors (Lipinski definition) is 1. The first-order valence-corrected chi connectivity index (χ1v) is 6.43. The molecular weight excluding hydrogens is 232 g/mol. The molecule has 2 aromatic rings. The van der Waals surface area contributed by atoms with Crippen molar-refractivity contribution in [2.45, 2.75) is 32.7 Å². The van der Waals surface area contributed by atoms with Gasteiger partial charge in [-0.25, -0.2) is 0 Å². The second-order valence-electron chi connectivity index (χ2n) is 4.25. The number of halogens is 1. The van der Waals surface area contributed by atoms with E-state index in [0.29, 0.717) is 5.88 Å². The van der Waals surface area contributed by atoms with E-state index in [1.165, 1.54) is 16.8 Å². The van der Waals surface area contributed by atoms with E-state index in [9.17, 15) is 0 Å². The van der Waals surface area contributed by atoms with Crippen LogP contribution < -0.4 is 0 Å². The lowest BCUT2D eigenvalue weighted by Gasteiger charge is -2.08. The van der Waals surface area contributed by atoms with Crippen molar-refractivity contribution < 1.29 is 0 Å². The fraction of sp³-hybridized carbons (Fsp3) is 0.357. The molecule has 2 nitrogen and oxygen atoms in total. The van der Waals surface area contributed by atoms with Crippen molar-refractivity contribution in [1.82, 2.24) is 9.78 Å². The van der Waals surface area contributed by atoms with Gasteiger partial charge in [0, 0.05) is 11.3 Å². The Hall–Kier alpha value is -1.28. The van der Waals surface area contributed by atoms with Crippen molar-refractivity contribution in [3.63, 3.8) is 0 Å². The standard InChI is InChI=1S/C14H17ClN2/c1-3-14-13(8-15)9-16-17(14)10-12-6-4-5-11(2)7-12/h4-7,9H,3,8,10H2,1-2H3. The fourth-order valence-corrected chi connectivity index (χ4v) is 2.31. The minimum absolute atomic E-state index is 0.539. The SMILES string of the molecule is CCc1c(CCl)cnn1Cc1cccc(C)c1. The molecule has 90 valence electrons. The maximum atomic E-state index is 5.90. The highest BCUT2D eigenvalue weighted by Gasteiger charge is 2.08. The summed E-state index contributed by atoms with van der Waals surface area (Å²) in [6.45, 7) is 5.07. The molecule has 1 aromatic carbocycles. The summed E-state index contributed by atoms with van der Waals surface area (Å²) in [4.78, 5) is 0. The van der Waals surface area contributed by atoms with Crippen LogP contribution in [-0.4, -0.2) is 9.78 Å². The maximum absolute atomic E-state index is 5.90. The van der Waals surface area contributed by atoms with E-state index in [2.05, 4.69) is 43.2 Å². The lowest BCUT2D eigenvalue weighted by molar-refractivity contribution is 0.648. The average Bonchev–Trinajstić information content (AvgIpc) is 2.71. The molecule has 0 aliphatic heterocycles. The highest BCUT2D eigenvalue weighted by molar-refractivity contribution is 6.17. The number of nitrogens with zero attached hydrogens (tertiary/aromatic N) is 2. The van der Waals surface area contributed by atoms with Crippen molar-refractivity contribution >= 4 is 11.6 Å². The zero-order valence-electron chi connectivity index (χ0n) is 10.3. The highest BCUT2D eigenvalue weighted by Crippen LogP contribution is 2.14. The second kappa shape index (κ2) is 5.37. The van der Waals surface area contributed by atoms with Crippen LogP contribution in [0.5, 0.6) is 0 Å². The molecule has 0 bridgehead atoms. The van der Waals surface area contributed by atoms with Crippen molar-refractivity contribution in [2.24, 2.45) is 0 Å². The Morgan fingerprint density at radius 1 is 1.35 bits per heavy atom. The zero-order chi connectivity index (χ0) is 12.3. The van der Waals surface area contributed by atoms with Gasteiger partial charge in [0.25, 0.3) is 0 Å². The van der Waals surface area contributed by atoms with Gasteiger partial charge in [0.1, 0.15) is 0 Å². The summed E-state index contributed by atoms with van der Waals surface area (Å²) in [6.07, 6.45) is 2.84. The maximum Gasteiger partial charge on any atom is 0.0662 e. The monoisotopic (exact) mass is 248 g/mol. The lowest BCUT2D eigenvalue weighted by Crippen LogP contribution is -2.06. The van der Waals surface area contributed by atoms with Gasteiger partial charge in [0.05, 0.1) is 18.6 Å². The predicted octanol–water partition coefficient (Wildman–Crippen LogP) is 3.54. The molecule has 0 fully saturated rings. The summed E-state index contributed by atoms with van der Waals surface area (Å²) < 4.78 is 2.05. The molecule has 0 N–H and O–H groups in total. The van der Waals surface area contributed by atoms with Crippen molar-refractivity contribution in [3.05, 3.63) is 52.8 Å². The number of alkyl halides is 1. The summed E-state index contributed by atoms with van der Waals surface area (Å²) in [5.74, 6) is 0.539. The third-order valence-corrected chi connectivity index (χ3v) is 3.22. The van der Waals surface area contributed by atoms with E-state index < -0.39 is 0 Å². The molecule has 0 atom stereocenters. The Kier molecular flexibility index (Phi) is 3.85. The normalized spacial score (nSPS) is 10.8. The highest BCUT2D eigenvalue weighted by atomic mass is 35.5. The van der Waals surface area contributed by atoms with Crippen LogP contribution in [0.15, 0.2) is 30.5 Å². The van der Waals surface area contributed by atoms with Crippen LogP contribution in [0.2, 0.25) is 0 Å². The Morgan fingerprint density at radius 3 is 2.82 bits per heavy atom. The third kappa shape index (κ3) is 2.70. The smallest absolute Gasteiger partial charge is 0.0662 e. The van der Waals surface area contributed by atoms with Crippen molar-refractivity contribution in [2.75, 3.05) is 0 Å². The summed E-state index contributed by atoms with van der Waals surface area (Å²) in [7, 11) is 0. The Labute approximate surface area is 107 Å². The molecule has 3 heteroatoms. The van der Waals surface area contributed by atoms with Gasteiger partial charge in [-0.05, 0) is 18.9 Å². The molecule has 0 spiro atoms. The van der Waals surface area contributed by atoms with Crippen LogP contribution in [0.3, 0.4) is 0 Å². The summed E-state index contributed by atoms with van der Waals surface area (Å²) >= 11 is 5.90. The topological polar surface area (TPSA) is 17.8 Å². The van der Waals surface area contributed by atoms with Crippen LogP contribution in [0.4, 0.5) is 0 Å². The van der Waals surface area contributed by atoms with E-state index >= 15 is 0 Å². The molecule has 2 rings (SSSR count). The molecule has 0 radical (unpaired) electrons. The third-order valence-electron chi connectivity index (χ3n) is 2.93. The van der Waals surface area contributed by atoms with Crippen LogP contribution in [0.1, 0.15) is 29.3 Å². The molecule has 0 unspecified atom stereocenters. The van der Waals surface area contributed by atoms with Crippen LogP contribution in [0, 0.1) is 6.92 Å². The van der Waals surface area contributed by atoms with Gasteiger partial charge in [-0.3, -0.25) is 4.68 Å². The number of aryl methyl sites for hydroxylation is 1. The first-order chi connectivity index (χ1) is 8.24. The van der Waals surface area contributed by atoms with Gasteiger partial charge >= 0.3 is 0 Å².